The number of rotatable bonds is 5. The van der Waals surface area contributed by atoms with Crippen LogP contribution in [0.15, 0.2) is 77.8 Å². The number of hydrogen-bond donors (Lipinski definition) is 1. The fraction of sp³-hybridized carbons (Fsp3) is 0.214. The Balaban J connectivity index is 1.27. The quantitative estimate of drug-likeness (QED) is 0.381. The molecule has 2 heterocycles. The summed E-state index contributed by atoms with van der Waals surface area (Å²) in [6, 6.07) is 23.3. The summed E-state index contributed by atoms with van der Waals surface area (Å²) in [6.45, 7) is 2.98. The Morgan fingerprint density at radius 2 is 1.79 bits per heavy atom. The largest absolute Gasteiger partial charge is 0.322 e. The van der Waals surface area contributed by atoms with E-state index in [0.717, 1.165) is 52.7 Å². The van der Waals surface area contributed by atoms with E-state index in [9.17, 15) is 4.79 Å². The van der Waals surface area contributed by atoms with Gasteiger partial charge in [0.2, 0.25) is 0 Å². The number of aryl methyl sites for hydroxylation is 2. The predicted octanol–water partition coefficient (Wildman–Crippen LogP) is 5.98. The molecule has 6 nitrogen and oxygen atoms in total. The molecular weight excluding hydrogens is 422 g/mol. The molecular formula is C28H27N5O. The molecule has 0 aliphatic carbocycles. The van der Waals surface area contributed by atoms with Crippen LogP contribution >= 0.6 is 0 Å². The van der Waals surface area contributed by atoms with E-state index in [4.69, 9.17) is 0 Å². The van der Waals surface area contributed by atoms with Gasteiger partial charge in [0.05, 0.1) is 5.69 Å². The summed E-state index contributed by atoms with van der Waals surface area (Å²) in [6.07, 6.45) is 6.40. The van der Waals surface area contributed by atoms with E-state index in [-0.39, 0.29) is 5.91 Å². The summed E-state index contributed by atoms with van der Waals surface area (Å²) in [5.41, 5.74) is 5.31. The average molecular weight is 450 g/mol. The van der Waals surface area contributed by atoms with Crippen molar-refractivity contribution < 1.29 is 4.79 Å². The molecule has 6 heteroatoms. The number of anilines is 1. The minimum absolute atomic E-state index is 0.129. The lowest BCUT2D eigenvalue weighted by atomic mass is 10.1. The van der Waals surface area contributed by atoms with Crippen LogP contribution in [-0.2, 0) is 13.0 Å². The number of hydrogen-bond acceptors (Lipinski definition) is 4. The summed E-state index contributed by atoms with van der Waals surface area (Å²) in [5.74, 6) is 1.89. The molecule has 0 radical (unpaired) electrons. The smallest absolute Gasteiger partial charge is 0.255 e. The predicted molar refractivity (Wildman–Crippen MR) is 136 cm³/mol. The number of carbonyl (C=O) groups excluding carboxylic acids is 1. The fourth-order valence-corrected chi connectivity index (χ4v) is 4.15. The van der Waals surface area contributed by atoms with Crippen LogP contribution in [0.5, 0.6) is 0 Å². The number of aromatic nitrogens is 3. The Kier molecular flexibility index (Phi) is 6.29. The second kappa shape index (κ2) is 9.83. The Morgan fingerprint density at radius 3 is 2.62 bits per heavy atom. The molecule has 4 aromatic rings. The molecule has 1 aliphatic rings. The van der Waals surface area contributed by atoms with Crippen molar-refractivity contribution in [2.45, 2.75) is 39.2 Å². The summed E-state index contributed by atoms with van der Waals surface area (Å²) >= 11 is 0. The molecule has 0 fully saturated rings. The molecule has 0 spiro atoms. The van der Waals surface area contributed by atoms with E-state index in [0.29, 0.717) is 5.56 Å². The summed E-state index contributed by atoms with van der Waals surface area (Å²) < 4.78 is 2.25. The molecule has 0 unspecified atom stereocenters. The van der Waals surface area contributed by atoms with Crippen LogP contribution in [0.4, 0.5) is 11.4 Å². The van der Waals surface area contributed by atoms with E-state index < -0.39 is 0 Å². The van der Waals surface area contributed by atoms with Crippen molar-refractivity contribution in [3.8, 4) is 11.4 Å². The van der Waals surface area contributed by atoms with Gasteiger partial charge in [-0.25, -0.2) is 0 Å². The van der Waals surface area contributed by atoms with Crippen molar-refractivity contribution in [1.82, 2.24) is 14.8 Å². The minimum Gasteiger partial charge on any atom is -0.322 e. The zero-order valence-electron chi connectivity index (χ0n) is 19.2. The standard InChI is InChI=1S/C28H27N5O/c1-20-9-11-23(12-10-20)28(34)30-25-7-5-6-21(18-25)19-29-24-15-13-22(14-16-24)27-32-31-26-8-3-2-4-17-33(26)27/h5-7,9-16,18-19H,2-4,8,17H2,1H3,(H,30,34). The van der Waals surface area contributed by atoms with E-state index in [1.807, 2.05) is 79.7 Å². The first kappa shape index (κ1) is 21.8. The van der Waals surface area contributed by atoms with Gasteiger partial charge in [-0.3, -0.25) is 9.79 Å². The molecule has 5 rings (SSSR count). The third-order valence-corrected chi connectivity index (χ3v) is 6.06. The first-order chi connectivity index (χ1) is 16.7. The third kappa shape index (κ3) is 4.96. The van der Waals surface area contributed by atoms with Crippen LogP contribution in [0.25, 0.3) is 11.4 Å². The maximum absolute atomic E-state index is 12.5. The Bertz CT molecular complexity index is 1320. The van der Waals surface area contributed by atoms with E-state index >= 15 is 0 Å². The van der Waals surface area contributed by atoms with E-state index in [2.05, 4.69) is 25.1 Å². The van der Waals surface area contributed by atoms with Gasteiger partial charge in [-0.15, -0.1) is 10.2 Å². The number of aliphatic imine (C=N–C) groups is 1. The zero-order chi connectivity index (χ0) is 23.3. The van der Waals surface area contributed by atoms with Gasteiger partial charge in [-0.1, -0.05) is 36.2 Å². The maximum atomic E-state index is 12.5. The first-order valence-corrected chi connectivity index (χ1v) is 11.7. The van der Waals surface area contributed by atoms with Gasteiger partial charge in [0.1, 0.15) is 5.82 Å². The summed E-state index contributed by atoms with van der Waals surface area (Å²) in [5, 5.41) is 11.8. The number of fused-ring (bicyclic) bond motifs is 1. The van der Waals surface area contributed by atoms with Crippen molar-refractivity contribution in [3.63, 3.8) is 0 Å². The number of carbonyl (C=O) groups is 1. The van der Waals surface area contributed by atoms with Crippen LogP contribution in [0.1, 0.15) is 46.6 Å². The maximum Gasteiger partial charge on any atom is 0.255 e. The van der Waals surface area contributed by atoms with Crippen molar-refractivity contribution in [1.29, 1.82) is 0 Å². The highest BCUT2D eigenvalue weighted by Crippen LogP contribution is 2.25. The van der Waals surface area contributed by atoms with Gasteiger partial charge >= 0.3 is 0 Å². The van der Waals surface area contributed by atoms with Crippen LogP contribution in [0.2, 0.25) is 0 Å². The molecule has 0 saturated carbocycles. The SMILES string of the molecule is Cc1ccc(C(=O)Nc2cccc(C=Nc3ccc(-c4nnc5n4CCCCC5)cc3)c2)cc1. The Morgan fingerprint density at radius 1 is 0.971 bits per heavy atom. The lowest BCUT2D eigenvalue weighted by Crippen LogP contribution is -2.11. The lowest BCUT2D eigenvalue weighted by Gasteiger charge is -2.07. The topological polar surface area (TPSA) is 72.2 Å². The Labute approximate surface area is 199 Å². The van der Waals surface area contributed by atoms with Gasteiger partial charge < -0.3 is 9.88 Å². The van der Waals surface area contributed by atoms with Crippen LogP contribution in [-0.4, -0.2) is 26.9 Å². The second-order valence-corrected chi connectivity index (χ2v) is 8.65. The molecule has 3 aromatic carbocycles. The van der Waals surface area contributed by atoms with Crippen molar-refractivity contribution in [2.24, 2.45) is 4.99 Å². The van der Waals surface area contributed by atoms with Crippen LogP contribution in [0, 0.1) is 6.92 Å². The van der Waals surface area contributed by atoms with Gasteiger partial charge in [0.25, 0.3) is 5.91 Å². The number of nitrogens with zero attached hydrogens (tertiary/aromatic N) is 4. The molecule has 1 aliphatic heterocycles. The van der Waals surface area contributed by atoms with Gasteiger partial charge in [0, 0.05) is 36.0 Å². The van der Waals surface area contributed by atoms with Crippen molar-refractivity contribution in [3.05, 3.63) is 95.3 Å². The van der Waals surface area contributed by atoms with Gasteiger partial charge in [-0.2, -0.15) is 0 Å². The van der Waals surface area contributed by atoms with Crippen molar-refractivity contribution in [2.75, 3.05) is 5.32 Å². The molecule has 1 amide bonds. The van der Waals surface area contributed by atoms with Gasteiger partial charge in [-0.05, 0) is 73.9 Å². The molecule has 1 N–H and O–H groups in total. The first-order valence-electron chi connectivity index (χ1n) is 11.7. The van der Waals surface area contributed by atoms with Crippen LogP contribution < -0.4 is 5.32 Å². The summed E-state index contributed by atoms with van der Waals surface area (Å²) in [7, 11) is 0. The van der Waals surface area contributed by atoms with E-state index in [1.54, 1.807) is 6.21 Å². The normalized spacial score (nSPS) is 13.4. The highest BCUT2D eigenvalue weighted by atomic mass is 16.1. The molecule has 0 bridgehead atoms. The monoisotopic (exact) mass is 449 g/mol. The van der Waals surface area contributed by atoms with E-state index in [1.165, 1.54) is 19.3 Å². The average Bonchev–Trinajstić information content (AvgIpc) is 3.11. The number of benzene rings is 3. The molecule has 34 heavy (non-hydrogen) atoms. The second-order valence-electron chi connectivity index (χ2n) is 8.65. The highest BCUT2D eigenvalue weighted by Gasteiger charge is 2.15. The molecule has 1 aromatic heterocycles. The fourth-order valence-electron chi connectivity index (χ4n) is 4.15. The summed E-state index contributed by atoms with van der Waals surface area (Å²) in [4.78, 5) is 17.1. The molecule has 0 saturated heterocycles. The molecule has 0 atom stereocenters. The highest BCUT2D eigenvalue weighted by molar-refractivity contribution is 6.04. The van der Waals surface area contributed by atoms with Crippen molar-refractivity contribution >= 4 is 23.5 Å². The minimum atomic E-state index is -0.129. The van der Waals surface area contributed by atoms with Gasteiger partial charge in [0.15, 0.2) is 5.82 Å². The number of nitrogens with one attached hydrogen (secondary N) is 1. The third-order valence-electron chi connectivity index (χ3n) is 6.06. The Hall–Kier alpha value is -4.06. The molecule has 170 valence electrons. The zero-order valence-corrected chi connectivity index (χ0v) is 19.2. The number of amides is 1. The van der Waals surface area contributed by atoms with Crippen LogP contribution in [0.3, 0.4) is 0 Å². The lowest BCUT2D eigenvalue weighted by molar-refractivity contribution is 0.102.